The van der Waals surface area contributed by atoms with Gasteiger partial charge in [0, 0.05) is 31.1 Å². The molecule has 1 atom stereocenters. The van der Waals surface area contributed by atoms with Crippen LogP contribution in [0.4, 0.5) is 0 Å². The summed E-state index contributed by atoms with van der Waals surface area (Å²) in [6.07, 6.45) is 5.83. The number of ketones is 1. The van der Waals surface area contributed by atoms with Gasteiger partial charge in [-0.15, -0.1) is 0 Å². The monoisotopic (exact) mass is 208 g/mol. The molecule has 0 aromatic carbocycles. The highest BCUT2D eigenvalue weighted by molar-refractivity contribution is 5.79. The average Bonchev–Trinajstić information content (AvgIpc) is 2.67. The highest BCUT2D eigenvalue weighted by Crippen LogP contribution is 2.25. The lowest BCUT2D eigenvalue weighted by molar-refractivity contribution is -0.128. The minimum absolute atomic E-state index is 0.0724. The molecule has 0 amide bonds. The van der Waals surface area contributed by atoms with Gasteiger partial charge in [-0.3, -0.25) is 9.48 Å². The van der Waals surface area contributed by atoms with Crippen LogP contribution in [-0.2, 0) is 16.1 Å². The number of carbonyl (C=O) groups is 1. The van der Waals surface area contributed by atoms with Crippen LogP contribution in [0.1, 0.15) is 37.9 Å². The first-order valence-electron chi connectivity index (χ1n) is 5.45. The van der Waals surface area contributed by atoms with E-state index in [4.69, 9.17) is 4.74 Å². The average molecular weight is 208 g/mol. The Bertz CT molecular complexity index is 346. The van der Waals surface area contributed by atoms with Crippen LogP contribution in [0.3, 0.4) is 0 Å². The number of nitrogens with zero attached hydrogens (tertiary/aromatic N) is 2. The molecule has 82 valence electrons. The third kappa shape index (κ3) is 2.45. The van der Waals surface area contributed by atoms with Gasteiger partial charge in [-0.2, -0.15) is 5.10 Å². The molecule has 1 aromatic heterocycles. The predicted octanol–water partition coefficient (Wildman–Crippen LogP) is 1.71. The molecule has 2 heterocycles. The molecule has 1 saturated heterocycles. The molecule has 15 heavy (non-hydrogen) atoms. The second kappa shape index (κ2) is 4.57. The van der Waals surface area contributed by atoms with Crippen molar-refractivity contribution >= 4 is 5.78 Å². The SMILES string of the molecule is CCCn1cc(C2CC(=O)CCO2)cn1. The Hall–Kier alpha value is -1.16. The first-order valence-corrected chi connectivity index (χ1v) is 5.45. The molecule has 0 aliphatic carbocycles. The third-order valence-electron chi connectivity index (χ3n) is 2.59. The summed E-state index contributed by atoms with van der Waals surface area (Å²) in [7, 11) is 0. The second-order valence-electron chi connectivity index (χ2n) is 3.89. The fourth-order valence-electron chi connectivity index (χ4n) is 1.79. The van der Waals surface area contributed by atoms with Gasteiger partial charge >= 0.3 is 0 Å². The van der Waals surface area contributed by atoms with Crippen LogP contribution in [0.5, 0.6) is 0 Å². The summed E-state index contributed by atoms with van der Waals surface area (Å²) in [5.41, 5.74) is 1.02. The predicted molar refractivity (Wildman–Crippen MR) is 55.5 cm³/mol. The maximum absolute atomic E-state index is 11.3. The number of Topliss-reactive ketones (excluding diaryl/α,β-unsaturated/α-hetero) is 1. The van der Waals surface area contributed by atoms with Crippen LogP contribution in [0.25, 0.3) is 0 Å². The van der Waals surface area contributed by atoms with Gasteiger partial charge in [-0.05, 0) is 6.42 Å². The van der Waals surface area contributed by atoms with Gasteiger partial charge in [0.2, 0.25) is 0 Å². The molecule has 1 aliphatic rings. The largest absolute Gasteiger partial charge is 0.372 e. The summed E-state index contributed by atoms with van der Waals surface area (Å²) < 4.78 is 7.45. The minimum Gasteiger partial charge on any atom is -0.372 e. The lowest BCUT2D eigenvalue weighted by Crippen LogP contribution is -2.19. The number of rotatable bonds is 3. The quantitative estimate of drug-likeness (QED) is 0.759. The van der Waals surface area contributed by atoms with E-state index < -0.39 is 0 Å². The summed E-state index contributed by atoms with van der Waals surface area (Å²) >= 11 is 0. The minimum atomic E-state index is -0.0724. The van der Waals surface area contributed by atoms with Crippen molar-refractivity contribution in [1.29, 1.82) is 0 Å². The molecule has 1 aromatic rings. The second-order valence-corrected chi connectivity index (χ2v) is 3.89. The molecule has 2 rings (SSSR count). The van der Waals surface area contributed by atoms with Crippen LogP contribution < -0.4 is 0 Å². The number of carbonyl (C=O) groups excluding carboxylic acids is 1. The molecule has 0 radical (unpaired) electrons. The van der Waals surface area contributed by atoms with Crippen molar-refractivity contribution in [3.63, 3.8) is 0 Å². The third-order valence-corrected chi connectivity index (χ3v) is 2.59. The van der Waals surface area contributed by atoms with E-state index >= 15 is 0 Å². The maximum Gasteiger partial charge on any atom is 0.138 e. The van der Waals surface area contributed by atoms with Crippen LogP contribution in [0.2, 0.25) is 0 Å². The molecule has 1 fully saturated rings. The van der Waals surface area contributed by atoms with E-state index in [1.807, 2.05) is 10.9 Å². The Balaban J connectivity index is 2.04. The van der Waals surface area contributed by atoms with Crippen LogP contribution in [-0.4, -0.2) is 22.2 Å². The van der Waals surface area contributed by atoms with Crippen molar-refractivity contribution in [2.24, 2.45) is 0 Å². The molecule has 0 bridgehead atoms. The van der Waals surface area contributed by atoms with Crippen molar-refractivity contribution in [3.05, 3.63) is 18.0 Å². The number of ether oxygens (including phenoxy) is 1. The lowest BCUT2D eigenvalue weighted by atomic mass is 10.0. The van der Waals surface area contributed by atoms with E-state index in [0.29, 0.717) is 19.4 Å². The summed E-state index contributed by atoms with van der Waals surface area (Å²) in [5, 5.41) is 4.23. The summed E-state index contributed by atoms with van der Waals surface area (Å²) in [5.74, 6) is 0.287. The number of aromatic nitrogens is 2. The van der Waals surface area contributed by atoms with Crippen molar-refractivity contribution in [1.82, 2.24) is 9.78 Å². The Kier molecular flexibility index (Phi) is 3.16. The molecule has 4 nitrogen and oxygen atoms in total. The standard InChI is InChI=1S/C11H16N2O2/c1-2-4-13-8-9(7-12-13)11-6-10(14)3-5-15-11/h7-8,11H,2-6H2,1H3. The van der Waals surface area contributed by atoms with Crippen LogP contribution in [0.15, 0.2) is 12.4 Å². The van der Waals surface area contributed by atoms with E-state index in [0.717, 1.165) is 18.5 Å². The molecule has 0 spiro atoms. The van der Waals surface area contributed by atoms with Gasteiger partial charge in [0.25, 0.3) is 0 Å². The summed E-state index contributed by atoms with van der Waals surface area (Å²) in [6, 6.07) is 0. The molecular weight excluding hydrogens is 192 g/mol. The van der Waals surface area contributed by atoms with Crippen molar-refractivity contribution in [2.75, 3.05) is 6.61 Å². The maximum atomic E-state index is 11.3. The van der Waals surface area contributed by atoms with Gasteiger partial charge in [-0.1, -0.05) is 6.92 Å². The Morgan fingerprint density at radius 1 is 1.67 bits per heavy atom. The normalized spacial score (nSPS) is 21.9. The Morgan fingerprint density at radius 2 is 2.53 bits per heavy atom. The number of hydrogen-bond donors (Lipinski definition) is 0. The molecule has 1 aliphatic heterocycles. The zero-order valence-corrected chi connectivity index (χ0v) is 8.98. The van der Waals surface area contributed by atoms with E-state index in [9.17, 15) is 4.79 Å². The molecule has 1 unspecified atom stereocenters. The fraction of sp³-hybridized carbons (Fsp3) is 0.636. The van der Waals surface area contributed by atoms with Gasteiger partial charge in [0.05, 0.1) is 18.9 Å². The molecule has 4 heteroatoms. The number of hydrogen-bond acceptors (Lipinski definition) is 3. The first-order chi connectivity index (χ1) is 7.29. The highest BCUT2D eigenvalue weighted by Gasteiger charge is 2.22. The molecule has 0 N–H and O–H groups in total. The Labute approximate surface area is 89.2 Å². The Morgan fingerprint density at radius 3 is 3.27 bits per heavy atom. The summed E-state index contributed by atoms with van der Waals surface area (Å²) in [4.78, 5) is 11.3. The van der Waals surface area contributed by atoms with Gasteiger partial charge in [-0.25, -0.2) is 0 Å². The van der Waals surface area contributed by atoms with Crippen LogP contribution >= 0.6 is 0 Å². The molecular formula is C11H16N2O2. The smallest absolute Gasteiger partial charge is 0.138 e. The van der Waals surface area contributed by atoms with E-state index in [-0.39, 0.29) is 11.9 Å². The highest BCUT2D eigenvalue weighted by atomic mass is 16.5. The zero-order valence-electron chi connectivity index (χ0n) is 8.98. The van der Waals surface area contributed by atoms with Gasteiger partial charge in [0.15, 0.2) is 0 Å². The van der Waals surface area contributed by atoms with Crippen molar-refractivity contribution in [2.45, 2.75) is 38.8 Å². The summed E-state index contributed by atoms with van der Waals surface area (Å²) in [6.45, 7) is 3.57. The molecule has 0 saturated carbocycles. The first kappa shape index (κ1) is 10.4. The van der Waals surface area contributed by atoms with Crippen molar-refractivity contribution < 1.29 is 9.53 Å². The van der Waals surface area contributed by atoms with Crippen molar-refractivity contribution in [3.8, 4) is 0 Å². The lowest BCUT2D eigenvalue weighted by Gasteiger charge is -2.20. The van der Waals surface area contributed by atoms with Gasteiger partial charge < -0.3 is 4.74 Å². The van der Waals surface area contributed by atoms with Gasteiger partial charge in [0.1, 0.15) is 5.78 Å². The van der Waals surface area contributed by atoms with Crippen LogP contribution in [0, 0.1) is 0 Å². The van der Waals surface area contributed by atoms with E-state index in [1.165, 1.54) is 0 Å². The zero-order chi connectivity index (χ0) is 10.7. The van der Waals surface area contributed by atoms with E-state index in [2.05, 4.69) is 12.0 Å². The van der Waals surface area contributed by atoms with E-state index in [1.54, 1.807) is 6.20 Å². The topological polar surface area (TPSA) is 44.1 Å². The fourth-order valence-corrected chi connectivity index (χ4v) is 1.79. The number of aryl methyl sites for hydroxylation is 1.